The predicted molar refractivity (Wildman–Crippen MR) is 80.0 cm³/mol. The van der Waals surface area contributed by atoms with Crippen molar-refractivity contribution in [2.24, 2.45) is 0 Å². The maximum Gasteiger partial charge on any atom is 0.419 e. The molecular weight excluding hydrogens is 345 g/mol. The van der Waals surface area contributed by atoms with E-state index in [4.69, 9.17) is 9.94 Å². The lowest BCUT2D eigenvalue weighted by atomic mass is 10.1. The van der Waals surface area contributed by atoms with Gasteiger partial charge in [0.2, 0.25) is 0 Å². The molecule has 1 aromatic carbocycles. The minimum Gasteiger partial charge on any atom is -0.489 e. The highest BCUT2D eigenvalue weighted by Gasteiger charge is 2.35. The summed E-state index contributed by atoms with van der Waals surface area (Å²) in [4.78, 5) is 23.4. The van der Waals surface area contributed by atoms with Gasteiger partial charge in [0.15, 0.2) is 0 Å². The molecule has 0 saturated heterocycles. The molecule has 25 heavy (non-hydrogen) atoms. The van der Waals surface area contributed by atoms with Crippen molar-refractivity contribution >= 4 is 11.8 Å². The number of aliphatic hydroxyl groups is 1. The fraction of sp³-hybridized carbons (Fsp3) is 0.333. The largest absolute Gasteiger partial charge is 0.489 e. The van der Waals surface area contributed by atoms with Crippen molar-refractivity contribution < 1.29 is 37.8 Å². The van der Waals surface area contributed by atoms with E-state index in [0.717, 1.165) is 19.1 Å². The maximum absolute atomic E-state index is 13.1. The Morgan fingerprint density at radius 1 is 1.40 bits per heavy atom. The van der Waals surface area contributed by atoms with E-state index in [0.29, 0.717) is 6.07 Å². The third-order valence-electron chi connectivity index (χ3n) is 3.07. The molecule has 0 unspecified atom stereocenters. The van der Waals surface area contributed by atoms with Crippen LogP contribution >= 0.6 is 0 Å². The molecule has 0 spiro atoms. The first-order chi connectivity index (χ1) is 11.6. The zero-order valence-corrected chi connectivity index (χ0v) is 13.1. The van der Waals surface area contributed by atoms with E-state index in [1.165, 1.54) is 11.6 Å². The van der Waals surface area contributed by atoms with Crippen LogP contribution in [-0.4, -0.2) is 40.9 Å². The number of amides is 2. The van der Waals surface area contributed by atoms with Crippen LogP contribution < -0.4 is 15.5 Å². The highest BCUT2D eigenvalue weighted by atomic mass is 19.4. The fourth-order valence-corrected chi connectivity index (χ4v) is 1.87. The summed E-state index contributed by atoms with van der Waals surface area (Å²) in [6.45, 7) is 4.34. The van der Waals surface area contributed by atoms with Crippen molar-refractivity contribution in [3.05, 3.63) is 42.0 Å². The lowest BCUT2D eigenvalue weighted by Crippen LogP contribution is -2.51. The lowest BCUT2D eigenvalue weighted by molar-refractivity contribution is -0.139. The van der Waals surface area contributed by atoms with Gasteiger partial charge in [-0.3, -0.25) is 14.8 Å². The van der Waals surface area contributed by atoms with E-state index in [9.17, 15) is 27.9 Å². The van der Waals surface area contributed by atoms with Gasteiger partial charge in [0.1, 0.15) is 18.4 Å². The number of aliphatic hydroxyl groups excluding tert-OH is 1. The van der Waals surface area contributed by atoms with Crippen molar-refractivity contribution in [1.82, 2.24) is 10.8 Å². The van der Waals surface area contributed by atoms with Crippen LogP contribution in [0.5, 0.6) is 5.75 Å². The number of rotatable bonds is 7. The van der Waals surface area contributed by atoms with Crippen LogP contribution in [0, 0.1) is 0 Å². The second kappa shape index (κ2) is 8.49. The van der Waals surface area contributed by atoms with E-state index in [1.54, 1.807) is 0 Å². The van der Waals surface area contributed by atoms with Crippen LogP contribution in [0.25, 0.3) is 0 Å². The number of alkyl halides is 3. The van der Waals surface area contributed by atoms with Gasteiger partial charge in [0.05, 0.1) is 11.7 Å². The van der Waals surface area contributed by atoms with Crippen LogP contribution in [0.4, 0.5) is 13.2 Å². The summed E-state index contributed by atoms with van der Waals surface area (Å²) in [5, 5.41) is 20.0. The van der Waals surface area contributed by atoms with Gasteiger partial charge in [-0.25, -0.2) is 5.48 Å². The Hall–Kier alpha value is -2.59. The first-order valence-electron chi connectivity index (χ1n) is 6.99. The molecule has 0 aliphatic carbocycles. The minimum atomic E-state index is -4.78. The first-order valence-corrected chi connectivity index (χ1v) is 6.99. The van der Waals surface area contributed by atoms with E-state index >= 15 is 0 Å². The summed E-state index contributed by atoms with van der Waals surface area (Å²) in [7, 11) is 0. The Morgan fingerprint density at radius 2 is 2.04 bits per heavy atom. The first kappa shape index (κ1) is 20.5. The smallest absolute Gasteiger partial charge is 0.419 e. The second-order valence-corrected chi connectivity index (χ2v) is 4.98. The van der Waals surface area contributed by atoms with Gasteiger partial charge in [0.25, 0.3) is 11.8 Å². The molecule has 0 saturated carbocycles. The van der Waals surface area contributed by atoms with Gasteiger partial charge < -0.3 is 15.2 Å². The number of benzene rings is 1. The van der Waals surface area contributed by atoms with Gasteiger partial charge in [-0.15, -0.1) is 0 Å². The van der Waals surface area contributed by atoms with Crippen molar-refractivity contribution in [2.75, 3.05) is 6.61 Å². The quantitative estimate of drug-likeness (QED) is 0.332. The molecule has 7 nitrogen and oxygen atoms in total. The predicted octanol–water partition coefficient (Wildman–Crippen LogP) is 1.25. The molecule has 0 aromatic heterocycles. The molecule has 4 N–H and O–H groups in total. The molecule has 1 rings (SSSR count). The number of halogens is 3. The summed E-state index contributed by atoms with van der Waals surface area (Å²) in [6, 6.07) is 1.04. The number of nitrogens with one attached hydrogen (secondary N) is 2. The molecule has 0 aliphatic rings. The van der Waals surface area contributed by atoms with Crippen molar-refractivity contribution in [3.8, 4) is 5.75 Å². The maximum atomic E-state index is 13.1. The van der Waals surface area contributed by atoms with Gasteiger partial charge in [-0.05, 0) is 25.1 Å². The Labute approximate surface area is 141 Å². The Bertz CT molecular complexity index is 647. The van der Waals surface area contributed by atoms with E-state index in [-0.39, 0.29) is 6.61 Å². The van der Waals surface area contributed by atoms with E-state index in [2.05, 4.69) is 6.58 Å². The number of hydrogen-bond acceptors (Lipinski definition) is 5. The molecule has 0 aliphatic heterocycles. The molecule has 138 valence electrons. The third-order valence-corrected chi connectivity index (χ3v) is 3.07. The van der Waals surface area contributed by atoms with E-state index < -0.39 is 47.0 Å². The summed E-state index contributed by atoms with van der Waals surface area (Å²) >= 11 is 0. The monoisotopic (exact) mass is 362 g/mol. The van der Waals surface area contributed by atoms with Crippen LogP contribution in [0.3, 0.4) is 0 Å². The average molecular weight is 362 g/mol. The minimum absolute atomic E-state index is 0.157. The van der Waals surface area contributed by atoms with Crippen molar-refractivity contribution in [2.45, 2.75) is 25.2 Å². The fourth-order valence-electron chi connectivity index (χ4n) is 1.87. The van der Waals surface area contributed by atoms with Crippen molar-refractivity contribution in [3.63, 3.8) is 0 Å². The molecule has 2 amide bonds. The molecule has 0 bridgehead atoms. The Balaban J connectivity index is 3.14. The standard InChI is InChI=1S/C15H17F3N2O5/c1-3-6-25-11-5-4-9(7-10(11)15(16,17)18)13(22)19-12(8(2)21)14(23)20-24/h3-5,7-8,12,21,24H,1,6H2,2H3,(H,19,22)(H,20,23)/t8-,12+/m1/s1. The number of carbonyl (C=O) groups excluding carboxylic acids is 2. The molecule has 0 heterocycles. The highest BCUT2D eigenvalue weighted by Crippen LogP contribution is 2.36. The Kier molecular flexibility index (Phi) is 6.95. The van der Waals surface area contributed by atoms with Gasteiger partial charge >= 0.3 is 6.18 Å². The lowest BCUT2D eigenvalue weighted by Gasteiger charge is -2.20. The molecule has 2 atom stereocenters. The second-order valence-electron chi connectivity index (χ2n) is 4.98. The van der Waals surface area contributed by atoms with E-state index in [1.807, 2.05) is 5.32 Å². The number of ether oxygens (including phenoxy) is 1. The number of hydrogen-bond donors (Lipinski definition) is 4. The van der Waals surface area contributed by atoms with Crippen LogP contribution in [0.15, 0.2) is 30.9 Å². The molecule has 1 aromatic rings. The SMILES string of the molecule is C=CCOc1ccc(C(=O)N[C@H](C(=O)NO)[C@@H](C)O)cc1C(F)(F)F. The molecule has 0 fully saturated rings. The van der Waals surface area contributed by atoms with Crippen molar-refractivity contribution in [1.29, 1.82) is 0 Å². The summed E-state index contributed by atoms with van der Waals surface area (Å²) in [6.07, 6.45) is -4.91. The van der Waals surface area contributed by atoms with Gasteiger partial charge in [0, 0.05) is 5.56 Å². The number of carbonyl (C=O) groups is 2. The third kappa shape index (κ3) is 5.47. The van der Waals surface area contributed by atoms with Gasteiger partial charge in [-0.1, -0.05) is 12.7 Å². The zero-order valence-electron chi connectivity index (χ0n) is 13.1. The normalized spacial score (nSPS) is 13.5. The van der Waals surface area contributed by atoms with Gasteiger partial charge in [-0.2, -0.15) is 13.2 Å². The van der Waals surface area contributed by atoms with Crippen LogP contribution in [0.1, 0.15) is 22.8 Å². The molecule has 10 heteroatoms. The number of hydroxylamine groups is 1. The summed E-state index contributed by atoms with van der Waals surface area (Å²) < 4.78 is 44.3. The summed E-state index contributed by atoms with van der Waals surface area (Å²) in [5.74, 6) is -2.65. The molecular formula is C15H17F3N2O5. The summed E-state index contributed by atoms with van der Waals surface area (Å²) in [5.41, 5.74) is -0.338. The van der Waals surface area contributed by atoms with Crippen LogP contribution in [-0.2, 0) is 11.0 Å². The molecule has 0 radical (unpaired) electrons. The highest BCUT2D eigenvalue weighted by molar-refractivity contribution is 5.97. The van der Waals surface area contributed by atoms with Crippen LogP contribution in [0.2, 0.25) is 0 Å². The average Bonchev–Trinajstić information content (AvgIpc) is 2.55. The topological polar surface area (TPSA) is 108 Å². The Morgan fingerprint density at radius 3 is 2.52 bits per heavy atom. The zero-order chi connectivity index (χ0) is 19.2.